The van der Waals surface area contributed by atoms with Gasteiger partial charge in [-0.25, -0.2) is 0 Å². The van der Waals surface area contributed by atoms with E-state index in [2.05, 4.69) is 104 Å². The van der Waals surface area contributed by atoms with E-state index in [4.69, 9.17) is 0 Å². The summed E-state index contributed by atoms with van der Waals surface area (Å²) in [7, 11) is 0. The fourth-order valence-electron chi connectivity index (χ4n) is 16.4. The molecule has 0 aliphatic carbocycles. The first-order valence-electron chi connectivity index (χ1n) is 30.5. The third kappa shape index (κ3) is 23.9. The van der Waals surface area contributed by atoms with E-state index in [9.17, 15) is 0 Å². The molecule has 0 aliphatic heterocycles. The maximum absolute atomic E-state index is 2.52. The molecule has 0 aromatic carbocycles. The van der Waals surface area contributed by atoms with Crippen LogP contribution in [0.2, 0.25) is 15.8 Å². The Hall–Kier alpha value is 0.532. The third-order valence-electron chi connectivity index (χ3n) is 17.4. The van der Waals surface area contributed by atoms with E-state index < -0.39 is 14.1 Å². The van der Waals surface area contributed by atoms with Gasteiger partial charge >= 0.3 is 417 Å². The first kappa shape index (κ1) is 64.5. The number of rotatable bonds is 48. The minimum atomic E-state index is -0.720. The molecule has 0 atom stereocenters. The van der Waals surface area contributed by atoms with Gasteiger partial charge in [0, 0.05) is 0 Å². The van der Waals surface area contributed by atoms with Crippen LogP contribution in [0.5, 0.6) is 0 Å². The fourth-order valence-corrected chi connectivity index (χ4v) is 20.0. The molecule has 0 nitrogen and oxygen atoms in total. The second kappa shape index (κ2) is 37.4. The molecule has 0 heterocycles. The molecule has 0 aromatic heterocycles. The van der Waals surface area contributed by atoms with Crippen LogP contribution in [0.4, 0.5) is 0 Å². The summed E-state index contributed by atoms with van der Waals surface area (Å²) in [6.45, 7) is 37.5. The Morgan fingerprint density at radius 3 is 0.438 bits per heavy atom. The Labute approximate surface area is 414 Å². The van der Waals surface area contributed by atoms with Crippen molar-refractivity contribution in [1.82, 2.24) is 0 Å². The van der Waals surface area contributed by atoms with E-state index >= 15 is 0 Å². The van der Waals surface area contributed by atoms with Crippen LogP contribution in [0, 0.1) is 32.5 Å². The number of hydrogen-bond acceptors (Lipinski definition) is 0. The van der Waals surface area contributed by atoms with Gasteiger partial charge in [0.1, 0.15) is 0 Å². The summed E-state index contributed by atoms with van der Waals surface area (Å²) in [6, 6.07) is 0. The van der Waals surface area contributed by atoms with Crippen molar-refractivity contribution in [3.05, 3.63) is 0 Å². The van der Waals surface area contributed by atoms with Crippen molar-refractivity contribution >= 4 is 0 Å². The maximum atomic E-state index is 2.52. The van der Waals surface area contributed by atoms with Crippen LogP contribution in [0.1, 0.15) is 354 Å². The van der Waals surface area contributed by atoms with Crippen molar-refractivity contribution in [1.29, 1.82) is 0 Å². The second-order valence-electron chi connectivity index (χ2n) is 23.8. The minimum absolute atomic E-state index is 0.566. The van der Waals surface area contributed by atoms with Crippen LogP contribution in [0.3, 0.4) is 0 Å². The van der Waals surface area contributed by atoms with E-state index in [1.54, 1.807) is 15.8 Å². The summed E-state index contributed by atoms with van der Waals surface area (Å²) in [5, 5.41) is 4.87. The summed E-state index contributed by atoms with van der Waals surface area (Å²) in [6.07, 6.45) is 56.3. The molecular formula is C63H129Cr. The van der Waals surface area contributed by atoms with Gasteiger partial charge < -0.3 is 0 Å². The zero-order valence-corrected chi connectivity index (χ0v) is 49.4. The fraction of sp³-hybridized carbons (Fsp3) is 1.00. The van der Waals surface area contributed by atoms with Crippen molar-refractivity contribution in [3.63, 3.8) is 0 Å². The van der Waals surface area contributed by atoms with E-state index in [0.717, 1.165) is 0 Å². The van der Waals surface area contributed by atoms with Gasteiger partial charge in [-0.15, -0.1) is 0 Å². The molecule has 0 unspecified atom stereocenters. The summed E-state index contributed by atoms with van der Waals surface area (Å²) < 4.78 is 0. The first-order valence-corrected chi connectivity index (χ1v) is 33.2. The summed E-state index contributed by atoms with van der Waals surface area (Å²) in [5.74, 6) is 0. The Bertz CT molecular complexity index is 825. The van der Waals surface area contributed by atoms with Gasteiger partial charge in [-0.3, -0.25) is 0 Å². The average Bonchev–Trinajstić information content (AvgIpc) is 3.22. The molecule has 0 aromatic rings. The molecule has 387 valence electrons. The normalized spacial score (nSPS) is 13.5. The summed E-state index contributed by atoms with van der Waals surface area (Å²) >= 11 is -0.720. The molecule has 0 rings (SSSR count). The van der Waals surface area contributed by atoms with Crippen molar-refractivity contribution in [2.24, 2.45) is 32.5 Å². The molecule has 0 amide bonds. The van der Waals surface area contributed by atoms with Crippen LogP contribution >= 0.6 is 0 Å². The van der Waals surface area contributed by atoms with Gasteiger partial charge in [0.15, 0.2) is 0 Å². The summed E-state index contributed by atoms with van der Waals surface area (Å²) in [5.41, 5.74) is 3.43. The van der Waals surface area contributed by atoms with E-state index in [-0.39, 0.29) is 0 Å². The molecule has 0 spiro atoms. The monoisotopic (exact) mass is 938 g/mol. The Kier molecular flexibility index (Phi) is 37.7. The molecule has 0 bridgehead atoms. The topological polar surface area (TPSA) is 0 Å². The molecular weight excluding hydrogens is 809 g/mol. The van der Waals surface area contributed by atoms with Crippen molar-refractivity contribution in [3.8, 4) is 0 Å². The molecule has 0 radical (unpaired) electrons. The summed E-state index contributed by atoms with van der Waals surface area (Å²) in [4.78, 5) is 0. The molecule has 0 N–H and O–H groups in total. The van der Waals surface area contributed by atoms with Crippen LogP contribution < -0.4 is 0 Å². The number of hydrogen-bond donors (Lipinski definition) is 0. The van der Waals surface area contributed by atoms with Crippen molar-refractivity contribution in [2.45, 2.75) is 370 Å². The Balaban J connectivity index is 7.04. The van der Waals surface area contributed by atoms with Crippen LogP contribution in [-0.2, 0) is 14.1 Å². The second-order valence-corrected chi connectivity index (χ2v) is 27.6. The van der Waals surface area contributed by atoms with Crippen molar-refractivity contribution < 1.29 is 14.1 Å². The Morgan fingerprint density at radius 1 is 0.188 bits per heavy atom. The first-order chi connectivity index (χ1) is 30.8. The van der Waals surface area contributed by atoms with E-state index in [1.165, 1.54) is 250 Å². The molecule has 0 saturated carbocycles. The molecule has 0 fully saturated rings. The average molecular weight is 939 g/mol. The van der Waals surface area contributed by atoms with Gasteiger partial charge in [-0.05, 0) is 0 Å². The van der Waals surface area contributed by atoms with Crippen LogP contribution in [0.15, 0.2) is 0 Å². The molecule has 0 aliphatic rings. The zero-order valence-electron chi connectivity index (χ0n) is 48.1. The predicted molar refractivity (Wildman–Crippen MR) is 294 cm³/mol. The van der Waals surface area contributed by atoms with Gasteiger partial charge in [0.25, 0.3) is 0 Å². The van der Waals surface area contributed by atoms with Gasteiger partial charge in [0.2, 0.25) is 0 Å². The van der Waals surface area contributed by atoms with Gasteiger partial charge in [-0.2, -0.15) is 0 Å². The molecule has 64 heavy (non-hydrogen) atoms. The third-order valence-corrected chi connectivity index (χ3v) is 21.4. The molecule has 0 saturated heterocycles. The molecule has 1 heteroatoms. The van der Waals surface area contributed by atoms with Gasteiger partial charge in [0.05, 0.1) is 0 Å². The standard InChI is InChI=1S/3C21H43.Cr/c3*1-7-13-20(14-8-2,15-9-3)19-21(16-10-4,17-11-5)18-12-6;/h3*1,7-19H2,2-6H3;. The van der Waals surface area contributed by atoms with Crippen LogP contribution in [-0.4, -0.2) is 0 Å². The Morgan fingerprint density at radius 2 is 0.312 bits per heavy atom. The zero-order chi connectivity index (χ0) is 48.3. The van der Waals surface area contributed by atoms with Gasteiger partial charge in [-0.1, -0.05) is 0 Å². The van der Waals surface area contributed by atoms with Crippen molar-refractivity contribution in [2.75, 3.05) is 0 Å². The SMILES string of the molecule is CCCC(CCC)(CCC)CC(CCC)(CCC)CC[CH2][Cr]([CH2]CCC(CCC)(CCC)CC(CCC)(CCC)CCC)[CH2]CCC(CCC)(CCC)CC(CCC)(CCC)CCC. The predicted octanol–water partition coefficient (Wildman–Crippen LogP) is 24.3. The quantitative estimate of drug-likeness (QED) is 0.0570. The van der Waals surface area contributed by atoms with Crippen LogP contribution in [0.25, 0.3) is 0 Å². The van der Waals surface area contributed by atoms with E-state index in [0.29, 0.717) is 32.5 Å². The van der Waals surface area contributed by atoms with E-state index in [1.807, 2.05) is 0 Å².